The number of halogens is 1. The molecule has 1 aliphatic heterocycles. The van der Waals surface area contributed by atoms with Gasteiger partial charge in [0.2, 0.25) is 0 Å². The van der Waals surface area contributed by atoms with Gasteiger partial charge in [0.1, 0.15) is 0 Å². The molecular weight excluding hydrogens is 279 g/mol. The first-order valence-electron chi connectivity index (χ1n) is 4.75. The Labute approximate surface area is 94.5 Å². The predicted molar refractivity (Wildman–Crippen MR) is 62.5 cm³/mol. The van der Waals surface area contributed by atoms with Crippen LogP contribution in [0.3, 0.4) is 0 Å². The molecule has 0 aromatic heterocycles. The molecule has 1 rings (SSSR count). The van der Waals surface area contributed by atoms with Crippen LogP contribution in [0.15, 0.2) is 0 Å². The summed E-state index contributed by atoms with van der Waals surface area (Å²) in [4.78, 5) is 0. The SMILES string of the molecule is COC(C)C1(C)CCC(C)(CI)O1. The number of rotatable bonds is 3. The van der Waals surface area contributed by atoms with E-state index in [2.05, 4.69) is 43.4 Å². The normalized spacial score (nSPS) is 42.2. The molecule has 1 aliphatic rings. The zero-order chi connectivity index (χ0) is 10.1. The number of hydrogen-bond acceptors (Lipinski definition) is 2. The summed E-state index contributed by atoms with van der Waals surface area (Å²) in [5.74, 6) is 0. The van der Waals surface area contributed by atoms with E-state index in [1.54, 1.807) is 7.11 Å². The topological polar surface area (TPSA) is 18.5 Å². The molecular formula is C10H19IO2. The van der Waals surface area contributed by atoms with Crippen LogP contribution in [0.1, 0.15) is 33.6 Å². The Morgan fingerprint density at radius 3 is 2.46 bits per heavy atom. The first-order valence-corrected chi connectivity index (χ1v) is 6.27. The van der Waals surface area contributed by atoms with Crippen molar-refractivity contribution in [2.75, 3.05) is 11.5 Å². The van der Waals surface area contributed by atoms with Gasteiger partial charge in [-0.1, -0.05) is 22.6 Å². The zero-order valence-corrected chi connectivity index (χ0v) is 11.1. The van der Waals surface area contributed by atoms with Crippen LogP contribution in [0.4, 0.5) is 0 Å². The van der Waals surface area contributed by atoms with Crippen molar-refractivity contribution in [1.29, 1.82) is 0 Å². The van der Waals surface area contributed by atoms with E-state index >= 15 is 0 Å². The van der Waals surface area contributed by atoms with E-state index in [4.69, 9.17) is 9.47 Å². The monoisotopic (exact) mass is 298 g/mol. The molecule has 13 heavy (non-hydrogen) atoms. The third-order valence-corrected chi connectivity index (χ3v) is 4.74. The van der Waals surface area contributed by atoms with Gasteiger partial charge < -0.3 is 9.47 Å². The Balaban J connectivity index is 2.66. The second-order valence-corrected chi connectivity index (χ2v) is 5.14. The maximum Gasteiger partial charge on any atom is 0.0920 e. The molecule has 3 heteroatoms. The molecule has 78 valence electrons. The van der Waals surface area contributed by atoms with Gasteiger partial charge in [0, 0.05) is 11.5 Å². The highest BCUT2D eigenvalue weighted by atomic mass is 127. The van der Waals surface area contributed by atoms with E-state index in [0.717, 1.165) is 17.3 Å². The lowest BCUT2D eigenvalue weighted by atomic mass is 9.95. The molecule has 0 amide bonds. The zero-order valence-electron chi connectivity index (χ0n) is 8.89. The van der Waals surface area contributed by atoms with Gasteiger partial charge in [0.25, 0.3) is 0 Å². The molecule has 0 saturated carbocycles. The van der Waals surface area contributed by atoms with Crippen molar-refractivity contribution < 1.29 is 9.47 Å². The lowest BCUT2D eigenvalue weighted by Gasteiger charge is -2.33. The Morgan fingerprint density at radius 1 is 1.46 bits per heavy atom. The van der Waals surface area contributed by atoms with Crippen molar-refractivity contribution in [2.24, 2.45) is 0 Å². The van der Waals surface area contributed by atoms with Crippen LogP contribution in [0.5, 0.6) is 0 Å². The van der Waals surface area contributed by atoms with Crippen LogP contribution in [-0.2, 0) is 9.47 Å². The molecule has 0 aromatic carbocycles. The number of methoxy groups -OCH3 is 1. The largest absolute Gasteiger partial charge is 0.379 e. The van der Waals surface area contributed by atoms with E-state index in [9.17, 15) is 0 Å². The fourth-order valence-corrected chi connectivity index (χ4v) is 2.34. The van der Waals surface area contributed by atoms with Crippen LogP contribution in [0, 0.1) is 0 Å². The van der Waals surface area contributed by atoms with Crippen molar-refractivity contribution in [3.8, 4) is 0 Å². The highest BCUT2D eigenvalue weighted by Gasteiger charge is 2.46. The highest BCUT2D eigenvalue weighted by molar-refractivity contribution is 14.1. The minimum Gasteiger partial charge on any atom is -0.379 e. The minimum absolute atomic E-state index is 0.0576. The van der Waals surface area contributed by atoms with Gasteiger partial charge in [-0.3, -0.25) is 0 Å². The Hall–Kier alpha value is 0.650. The number of ether oxygens (including phenoxy) is 2. The van der Waals surface area contributed by atoms with E-state index in [1.807, 2.05) is 0 Å². The summed E-state index contributed by atoms with van der Waals surface area (Å²) in [6, 6.07) is 0. The van der Waals surface area contributed by atoms with Gasteiger partial charge in [-0.2, -0.15) is 0 Å². The summed E-state index contributed by atoms with van der Waals surface area (Å²) in [5, 5.41) is 0. The Morgan fingerprint density at radius 2 is 2.08 bits per heavy atom. The lowest BCUT2D eigenvalue weighted by Crippen LogP contribution is -2.41. The molecule has 3 atom stereocenters. The lowest BCUT2D eigenvalue weighted by molar-refractivity contribution is -0.135. The van der Waals surface area contributed by atoms with E-state index in [1.165, 1.54) is 0 Å². The maximum absolute atomic E-state index is 6.11. The van der Waals surface area contributed by atoms with E-state index in [-0.39, 0.29) is 17.3 Å². The Kier molecular flexibility index (Phi) is 3.63. The third-order valence-electron chi connectivity index (χ3n) is 3.13. The molecule has 1 saturated heterocycles. The number of alkyl halides is 1. The molecule has 3 unspecified atom stereocenters. The van der Waals surface area contributed by atoms with Crippen molar-refractivity contribution in [2.45, 2.75) is 50.9 Å². The smallest absolute Gasteiger partial charge is 0.0920 e. The van der Waals surface area contributed by atoms with Crippen molar-refractivity contribution in [3.05, 3.63) is 0 Å². The predicted octanol–water partition coefficient (Wildman–Crippen LogP) is 2.78. The summed E-state index contributed by atoms with van der Waals surface area (Å²) in [6.45, 7) is 6.42. The molecule has 1 heterocycles. The second-order valence-electron chi connectivity index (χ2n) is 4.38. The third kappa shape index (κ3) is 2.36. The molecule has 0 spiro atoms. The first kappa shape index (κ1) is 11.7. The van der Waals surface area contributed by atoms with E-state index < -0.39 is 0 Å². The summed E-state index contributed by atoms with van der Waals surface area (Å²) in [6.07, 6.45) is 2.42. The second kappa shape index (κ2) is 4.03. The fourth-order valence-electron chi connectivity index (χ4n) is 1.81. The molecule has 0 aliphatic carbocycles. The molecule has 1 fully saturated rings. The van der Waals surface area contributed by atoms with Crippen LogP contribution in [0.25, 0.3) is 0 Å². The van der Waals surface area contributed by atoms with Crippen molar-refractivity contribution >= 4 is 22.6 Å². The molecule has 0 bridgehead atoms. The van der Waals surface area contributed by atoms with Crippen molar-refractivity contribution in [3.63, 3.8) is 0 Å². The van der Waals surface area contributed by atoms with Crippen LogP contribution in [0.2, 0.25) is 0 Å². The summed E-state index contributed by atoms with van der Waals surface area (Å²) in [5.41, 5.74) is -0.0310. The maximum atomic E-state index is 6.11. The van der Waals surface area contributed by atoms with Gasteiger partial charge in [0.15, 0.2) is 0 Å². The van der Waals surface area contributed by atoms with Crippen molar-refractivity contribution in [1.82, 2.24) is 0 Å². The van der Waals surface area contributed by atoms with Crippen LogP contribution < -0.4 is 0 Å². The average Bonchev–Trinajstić information content (AvgIpc) is 2.44. The summed E-state index contributed by atoms with van der Waals surface area (Å²) >= 11 is 2.39. The fraction of sp³-hybridized carbons (Fsp3) is 1.00. The van der Waals surface area contributed by atoms with Crippen LogP contribution >= 0.6 is 22.6 Å². The highest BCUT2D eigenvalue weighted by Crippen LogP contribution is 2.41. The molecule has 0 aromatic rings. The van der Waals surface area contributed by atoms with Crippen LogP contribution in [-0.4, -0.2) is 28.8 Å². The van der Waals surface area contributed by atoms with Gasteiger partial charge in [-0.25, -0.2) is 0 Å². The standard InChI is InChI=1S/C10H19IO2/c1-8(12-4)10(3)6-5-9(2,7-11)13-10/h8H,5-7H2,1-4H3. The molecule has 0 radical (unpaired) electrons. The van der Waals surface area contributed by atoms with E-state index in [0.29, 0.717) is 0 Å². The van der Waals surface area contributed by atoms with Gasteiger partial charge in [0.05, 0.1) is 17.3 Å². The number of hydrogen-bond donors (Lipinski definition) is 0. The summed E-state index contributed by atoms with van der Waals surface area (Å²) in [7, 11) is 1.75. The minimum atomic E-state index is -0.0886. The quantitative estimate of drug-likeness (QED) is 0.589. The molecule has 2 nitrogen and oxygen atoms in total. The van der Waals surface area contributed by atoms with Gasteiger partial charge in [-0.15, -0.1) is 0 Å². The first-order chi connectivity index (χ1) is 5.96. The Bertz CT molecular complexity index is 186. The van der Waals surface area contributed by atoms with Gasteiger partial charge >= 0.3 is 0 Å². The average molecular weight is 298 g/mol. The summed E-state index contributed by atoms with van der Waals surface area (Å²) < 4.78 is 12.5. The molecule has 0 N–H and O–H groups in total. The van der Waals surface area contributed by atoms with Gasteiger partial charge in [-0.05, 0) is 33.6 Å².